The molecule has 10 nitrogen and oxygen atoms in total. The number of amides is 1. The normalized spacial score (nSPS) is 18.9. The molecule has 0 radical (unpaired) electrons. The Morgan fingerprint density at radius 2 is 1.74 bits per heavy atom. The molecule has 5 rings (SSSR count). The Bertz CT molecular complexity index is 1720. The number of sulfonamides is 1. The minimum absolute atomic E-state index is 0.104. The molecule has 248 valence electrons. The summed E-state index contributed by atoms with van der Waals surface area (Å²) in [6.45, 7) is 5.27. The van der Waals surface area contributed by atoms with Crippen LogP contribution in [0.3, 0.4) is 0 Å². The molecule has 0 fully saturated rings. The number of hydrogen-bond donors (Lipinski definition) is 1. The first-order valence-electron chi connectivity index (χ1n) is 14.1. The summed E-state index contributed by atoms with van der Waals surface area (Å²) in [5, 5.41) is 10.6. The summed E-state index contributed by atoms with van der Waals surface area (Å²) in [7, 11) is -3.08. The fourth-order valence-electron chi connectivity index (χ4n) is 5.15. The summed E-state index contributed by atoms with van der Waals surface area (Å²) in [6, 6.07) is 4.36. The molecule has 1 amide bonds. The van der Waals surface area contributed by atoms with Crippen molar-refractivity contribution in [2.24, 2.45) is 0 Å². The molecule has 1 aromatic heterocycles. The highest BCUT2D eigenvalue weighted by Gasteiger charge is 2.41. The van der Waals surface area contributed by atoms with E-state index in [2.05, 4.69) is 34.4 Å². The van der Waals surface area contributed by atoms with E-state index in [1.54, 1.807) is 4.68 Å². The largest absolute Gasteiger partial charge is 0.493 e. The van der Waals surface area contributed by atoms with Crippen LogP contribution in [0.25, 0.3) is 0 Å². The highest BCUT2D eigenvalue weighted by molar-refractivity contribution is 7.89. The number of halogens is 6. The molecule has 3 aromatic rings. The first-order valence-corrected chi connectivity index (χ1v) is 15.6. The van der Waals surface area contributed by atoms with Crippen LogP contribution >= 0.6 is 0 Å². The van der Waals surface area contributed by atoms with Gasteiger partial charge in [0.05, 0.1) is 34.4 Å². The number of nitrogens with zero attached hydrogens (tertiary/aromatic N) is 5. The van der Waals surface area contributed by atoms with Crippen LogP contribution in [-0.2, 0) is 40.1 Å². The predicted octanol–water partition coefficient (Wildman–Crippen LogP) is 4.73. The molecule has 2 atom stereocenters. The van der Waals surface area contributed by atoms with Gasteiger partial charge < -0.3 is 10.1 Å². The SMILES string of the molecule is CC(C)N(C)Cc1ccc2c(c1)OCCC2n1cc(CC2C(=O)NC=CN2S(=O)(=O)c2cc(C(F)(F)F)cc(C(F)(F)F)c2)nn1. The lowest BCUT2D eigenvalue weighted by atomic mass is 9.98. The highest BCUT2D eigenvalue weighted by Crippen LogP contribution is 2.39. The van der Waals surface area contributed by atoms with Crippen molar-refractivity contribution in [2.45, 2.75) is 68.6 Å². The third kappa shape index (κ3) is 6.84. The highest BCUT2D eigenvalue weighted by atomic mass is 32.2. The van der Waals surface area contributed by atoms with Gasteiger partial charge in [0.1, 0.15) is 11.8 Å². The van der Waals surface area contributed by atoms with E-state index in [1.165, 1.54) is 6.20 Å². The topological polar surface area (TPSA) is 110 Å². The van der Waals surface area contributed by atoms with Crippen molar-refractivity contribution >= 4 is 15.9 Å². The fraction of sp³-hybridized carbons (Fsp3) is 0.414. The van der Waals surface area contributed by atoms with Crippen LogP contribution in [0.4, 0.5) is 26.3 Å². The molecule has 2 aliphatic heterocycles. The minimum Gasteiger partial charge on any atom is -0.493 e. The van der Waals surface area contributed by atoms with Crippen molar-refractivity contribution in [3.8, 4) is 5.75 Å². The third-order valence-electron chi connectivity index (χ3n) is 7.87. The summed E-state index contributed by atoms with van der Waals surface area (Å²) in [6.07, 6.45) is -7.08. The Kier molecular flexibility index (Phi) is 8.85. The molecule has 17 heteroatoms. The van der Waals surface area contributed by atoms with E-state index in [-0.39, 0.29) is 36.4 Å². The predicted molar refractivity (Wildman–Crippen MR) is 152 cm³/mol. The minimum atomic E-state index is -5.27. The van der Waals surface area contributed by atoms with Crippen molar-refractivity contribution in [3.63, 3.8) is 0 Å². The van der Waals surface area contributed by atoms with Gasteiger partial charge in [-0.3, -0.25) is 14.0 Å². The van der Waals surface area contributed by atoms with Crippen LogP contribution < -0.4 is 10.1 Å². The molecule has 3 heterocycles. The Morgan fingerprint density at radius 3 is 2.37 bits per heavy atom. The van der Waals surface area contributed by atoms with Crippen LogP contribution in [-0.4, -0.2) is 64.3 Å². The summed E-state index contributed by atoms with van der Waals surface area (Å²) in [5.74, 6) is -0.185. The first-order chi connectivity index (χ1) is 21.4. The van der Waals surface area contributed by atoms with Crippen LogP contribution in [0.15, 0.2) is 59.9 Å². The molecule has 0 spiro atoms. The van der Waals surface area contributed by atoms with E-state index in [9.17, 15) is 39.6 Å². The van der Waals surface area contributed by atoms with E-state index >= 15 is 0 Å². The van der Waals surface area contributed by atoms with Gasteiger partial charge in [-0.15, -0.1) is 5.10 Å². The molecule has 46 heavy (non-hydrogen) atoms. The maximum atomic E-state index is 13.5. The van der Waals surface area contributed by atoms with Crippen molar-refractivity contribution in [3.05, 3.63) is 82.9 Å². The van der Waals surface area contributed by atoms with Crippen molar-refractivity contribution in [1.82, 2.24) is 29.5 Å². The number of rotatable bonds is 8. The number of nitrogens with one attached hydrogen (secondary N) is 1. The zero-order valence-corrected chi connectivity index (χ0v) is 25.6. The lowest BCUT2D eigenvalue weighted by Crippen LogP contribution is -2.50. The van der Waals surface area contributed by atoms with E-state index in [1.807, 2.05) is 25.2 Å². The molecule has 2 aromatic carbocycles. The van der Waals surface area contributed by atoms with Crippen molar-refractivity contribution in [1.29, 1.82) is 0 Å². The Hall–Kier alpha value is -4.12. The smallest absolute Gasteiger partial charge is 0.416 e. The quantitative estimate of drug-likeness (QED) is 0.345. The average molecular weight is 673 g/mol. The van der Waals surface area contributed by atoms with Gasteiger partial charge in [0.2, 0.25) is 5.91 Å². The van der Waals surface area contributed by atoms with E-state index in [0.29, 0.717) is 35.7 Å². The van der Waals surface area contributed by atoms with Gasteiger partial charge in [0, 0.05) is 49.6 Å². The number of carbonyl (C=O) groups is 1. The van der Waals surface area contributed by atoms with Crippen LogP contribution in [0.5, 0.6) is 5.75 Å². The number of hydrogen-bond acceptors (Lipinski definition) is 7. The van der Waals surface area contributed by atoms with E-state index in [4.69, 9.17) is 4.74 Å². The lowest BCUT2D eigenvalue weighted by molar-refractivity contribution is -0.143. The van der Waals surface area contributed by atoms with Gasteiger partial charge in [-0.2, -0.15) is 26.3 Å². The molecule has 0 saturated heterocycles. The van der Waals surface area contributed by atoms with Crippen molar-refractivity contribution in [2.75, 3.05) is 13.7 Å². The number of aromatic nitrogens is 3. The molecule has 0 bridgehead atoms. The Balaban J connectivity index is 1.42. The standard InChI is InChI=1S/C29H30F6N6O4S/c1-17(2)39(3)15-18-4-5-23-24(6-9-45-26(23)10-18)40-16-21(37-38-40)14-25-27(42)36-7-8-41(25)46(43,44)22-12-19(28(30,31)32)11-20(13-22)29(33,34)35/h4-5,7-8,10-13,16-17,24-25H,6,9,14-15H2,1-3H3,(H,36,42). The monoisotopic (exact) mass is 672 g/mol. The second-order valence-corrected chi connectivity index (χ2v) is 13.2. The lowest BCUT2D eigenvalue weighted by Gasteiger charge is -2.31. The molecular weight excluding hydrogens is 642 g/mol. The zero-order chi connectivity index (χ0) is 33.6. The van der Waals surface area contributed by atoms with Gasteiger partial charge >= 0.3 is 12.4 Å². The molecule has 1 N–H and O–H groups in total. The van der Waals surface area contributed by atoms with Crippen LogP contribution in [0, 0.1) is 0 Å². The fourth-order valence-corrected chi connectivity index (χ4v) is 6.67. The van der Waals surface area contributed by atoms with Crippen LogP contribution in [0.1, 0.15) is 54.3 Å². The number of benzene rings is 2. The van der Waals surface area contributed by atoms with E-state index in [0.717, 1.165) is 23.5 Å². The number of carbonyl (C=O) groups excluding carboxylic acids is 1. The van der Waals surface area contributed by atoms with Gasteiger partial charge in [-0.05, 0) is 50.7 Å². The summed E-state index contributed by atoms with van der Waals surface area (Å²) in [5.41, 5.74) is -1.55. The summed E-state index contributed by atoms with van der Waals surface area (Å²) < 4.78 is 116. The first kappa shape index (κ1) is 33.2. The second kappa shape index (κ2) is 12.2. The molecule has 2 aliphatic rings. The second-order valence-electron chi connectivity index (χ2n) is 11.3. The third-order valence-corrected chi connectivity index (χ3v) is 9.64. The van der Waals surface area contributed by atoms with Crippen molar-refractivity contribution < 1.29 is 44.3 Å². The molecular formula is C29H30F6N6O4S. The molecule has 2 unspecified atom stereocenters. The van der Waals surface area contributed by atoms with Crippen LogP contribution in [0.2, 0.25) is 0 Å². The number of alkyl halides is 6. The van der Waals surface area contributed by atoms with Gasteiger partial charge in [-0.25, -0.2) is 13.1 Å². The zero-order valence-electron chi connectivity index (χ0n) is 24.8. The summed E-state index contributed by atoms with van der Waals surface area (Å²) in [4.78, 5) is 13.8. The summed E-state index contributed by atoms with van der Waals surface area (Å²) >= 11 is 0. The number of fused-ring (bicyclic) bond motifs is 1. The Morgan fingerprint density at radius 1 is 1.07 bits per heavy atom. The maximum Gasteiger partial charge on any atom is 0.416 e. The number of ether oxygens (including phenoxy) is 1. The Labute approximate surface area is 260 Å². The molecule has 0 saturated carbocycles. The van der Waals surface area contributed by atoms with Gasteiger partial charge in [0.25, 0.3) is 10.0 Å². The molecule has 0 aliphatic carbocycles. The average Bonchev–Trinajstić information content (AvgIpc) is 3.45. The maximum absolute atomic E-state index is 13.5. The van der Waals surface area contributed by atoms with Gasteiger partial charge in [0.15, 0.2) is 0 Å². The van der Waals surface area contributed by atoms with Gasteiger partial charge in [-0.1, -0.05) is 17.3 Å². The van der Waals surface area contributed by atoms with E-state index < -0.39 is 50.3 Å².